The highest BCUT2D eigenvalue weighted by Crippen LogP contribution is 2.17. The van der Waals surface area contributed by atoms with Gasteiger partial charge >= 0.3 is 0 Å². The molecule has 0 saturated carbocycles. The molecule has 7 nitrogen and oxygen atoms in total. The maximum absolute atomic E-state index is 5.68. The molecule has 1 unspecified atom stereocenters. The third-order valence-corrected chi connectivity index (χ3v) is 2.35. The van der Waals surface area contributed by atoms with Crippen LogP contribution in [-0.2, 0) is 16.1 Å². The first-order valence-electron chi connectivity index (χ1n) is 5.39. The van der Waals surface area contributed by atoms with Gasteiger partial charge in [0.1, 0.15) is 18.5 Å². The molecule has 1 aliphatic heterocycles. The van der Waals surface area contributed by atoms with Crippen LogP contribution >= 0.6 is 0 Å². The van der Waals surface area contributed by atoms with E-state index in [0.29, 0.717) is 30.7 Å². The normalized spacial score (nSPS) is 19.3. The third-order valence-electron chi connectivity index (χ3n) is 2.35. The summed E-state index contributed by atoms with van der Waals surface area (Å²) in [4.78, 5) is 8.36. The Hall–Kier alpha value is -1.44. The largest absolute Gasteiger partial charge is 0.472 e. The van der Waals surface area contributed by atoms with E-state index in [0.717, 1.165) is 13.0 Å². The molecule has 1 saturated heterocycles. The molecule has 1 aliphatic rings. The van der Waals surface area contributed by atoms with Crippen LogP contribution in [0.3, 0.4) is 0 Å². The van der Waals surface area contributed by atoms with E-state index in [1.54, 1.807) is 13.2 Å². The Morgan fingerprint density at radius 2 is 2.47 bits per heavy atom. The Labute approximate surface area is 99.3 Å². The second-order valence-electron chi connectivity index (χ2n) is 3.69. The zero-order valence-corrected chi connectivity index (χ0v) is 9.68. The van der Waals surface area contributed by atoms with E-state index in [-0.39, 0.29) is 6.10 Å². The number of aromatic nitrogens is 2. The second kappa shape index (κ2) is 5.76. The lowest BCUT2D eigenvalue weighted by Crippen LogP contribution is -2.18. The van der Waals surface area contributed by atoms with E-state index in [1.807, 2.05) is 0 Å². The lowest BCUT2D eigenvalue weighted by Gasteiger charge is -2.12. The van der Waals surface area contributed by atoms with Crippen molar-refractivity contribution in [2.45, 2.75) is 19.1 Å². The van der Waals surface area contributed by atoms with Gasteiger partial charge in [0.15, 0.2) is 5.82 Å². The van der Waals surface area contributed by atoms with Crippen LogP contribution in [-0.4, -0.2) is 36.4 Å². The number of hydrogen-bond acceptors (Lipinski definition) is 7. The van der Waals surface area contributed by atoms with Gasteiger partial charge in [-0.1, -0.05) is 0 Å². The summed E-state index contributed by atoms with van der Waals surface area (Å²) < 4.78 is 15.9. The topological polar surface area (TPSA) is 91.5 Å². The SMILES string of the molecule is COCc1nc(NN)cc(OC2CCOC2)n1. The molecule has 1 fully saturated rings. The second-order valence-corrected chi connectivity index (χ2v) is 3.69. The summed E-state index contributed by atoms with van der Waals surface area (Å²) in [6, 6.07) is 1.65. The minimum atomic E-state index is 0.0471. The number of ether oxygens (including phenoxy) is 3. The third kappa shape index (κ3) is 3.26. The van der Waals surface area contributed by atoms with Gasteiger partial charge < -0.3 is 19.6 Å². The average Bonchev–Trinajstić information content (AvgIpc) is 2.82. The first-order chi connectivity index (χ1) is 8.31. The lowest BCUT2D eigenvalue weighted by molar-refractivity contribution is 0.136. The van der Waals surface area contributed by atoms with E-state index in [1.165, 1.54) is 0 Å². The standard InChI is InChI=1S/C10H16N4O3/c1-15-6-9-12-8(14-11)4-10(13-9)17-7-2-3-16-5-7/h4,7H,2-3,5-6,11H2,1H3,(H,12,13,14). The summed E-state index contributed by atoms with van der Waals surface area (Å²) in [6.07, 6.45) is 0.917. The Kier molecular flexibility index (Phi) is 4.08. The smallest absolute Gasteiger partial charge is 0.219 e. The van der Waals surface area contributed by atoms with Gasteiger partial charge in [-0.3, -0.25) is 0 Å². The molecule has 7 heteroatoms. The number of hydrazine groups is 1. The summed E-state index contributed by atoms with van der Waals surface area (Å²) in [6.45, 7) is 1.63. The molecule has 0 radical (unpaired) electrons. The van der Waals surface area contributed by atoms with E-state index < -0.39 is 0 Å². The van der Waals surface area contributed by atoms with Gasteiger partial charge in [0.25, 0.3) is 0 Å². The molecule has 0 aliphatic carbocycles. The molecule has 2 heterocycles. The van der Waals surface area contributed by atoms with E-state index in [9.17, 15) is 0 Å². The number of nitrogen functional groups attached to an aromatic ring is 1. The highest BCUT2D eigenvalue weighted by atomic mass is 16.5. The van der Waals surface area contributed by atoms with Gasteiger partial charge in [-0.05, 0) is 0 Å². The molecule has 17 heavy (non-hydrogen) atoms. The van der Waals surface area contributed by atoms with Crippen LogP contribution in [0.1, 0.15) is 12.2 Å². The molecular weight excluding hydrogens is 224 g/mol. The molecular formula is C10H16N4O3. The van der Waals surface area contributed by atoms with Gasteiger partial charge in [0, 0.05) is 19.6 Å². The molecule has 1 aromatic rings. The van der Waals surface area contributed by atoms with Crippen molar-refractivity contribution in [3.63, 3.8) is 0 Å². The van der Waals surface area contributed by atoms with Gasteiger partial charge in [0.05, 0.1) is 13.2 Å². The van der Waals surface area contributed by atoms with E-state index in [4.69, 9.17) is 20.1 Å². The Balaban J connectivity index is 2.10. The van der Waals surface area contributed by atoms with Gasteiger partial charge in [-0.15, -0.1) is 0 Å². The Morgan fingerprint density at radius 1 is 1.59 bits per heavy atom. The molecule has 3 N–H and O–H groups in total. The molecule has 0 spiro atoms. The number of rotatable bonds is 5. The molecule has 0 amide bonds. The molecule has 1 atom stereocenters. The van der Waals surface area contributed by atoms with E-state index >= 15 is 0 Å². The minimum absolute atomic E-state index is 0.0471. The Morgan fingerprint density at radius 3 is 3.12 bits per heavy atom. The quantitative estimate of drug-likeness (QED) is 0.556. The summed E-state index contributed by atoms with van der Waals surface area (Å²) >= 11 is 0. The van der Waals surface area contributed by atoms with Crippen molar-refractivity contribution in [1.29, 1.82) is 0 Å². The molecule has 94 valence electrons. The number of hydrogen-bond donors (Lipinski definition) is 2. The van der Waals surface area contributed by atoms with Crippen molar-refractivity contribution in [1.82, 2.24) is 9.97 Å². The number of nitrogens with one attached hydrogen (secondary N) is 1. The van der Waals surface area contributed by atoms with Crippen LogP contribution in [0.25, 0.3) is 0 Å². The highest BCUT2D eigenvalue weighted by Gasteiger charge is 2.18. The van der Waals surface area contributed by atoms with Crippen molar-refractivity contribution in [2.24, 2.45) is 5.84 Å². The van der Waals surface area contributed by atoms with Crippen LogP contribution in [0.15, 0.2) is 6.07 Å². The van der Waals surface area contributed by atoms with E-state index in [2.05, 4.69) is 15.4 Å². The summed E-state index contributed by atoms with van der Waals surface area (Å²) in [5, 5.41) is 0. The predicted molar refractivity (Wildman–Crippen MR) is 60.4 cm³/mol. The highest BCUT2D eigenvalue weighted by molar-refractivity contribution is 5.37. The van der Waals surface area contributed by atoms with Gasteiger partial charge in [-0.2, -0.15) is 4.98 Å². The minimum Gasteiger partial charge on any atom is -0.472 e. The van der Waals surface area contributed by atoms with Crippen molar-refractivity contribution in [3.05, 3.63) is 11.9 Å². The monoisotopic (exact) mass is 240 g/mol. The maximum Gasteiger partial charge on any atom is 0.219 e. The van der Waals surface area contributed by atoms with Crippen molar-refractivity contribution in [2.75, 3.05) is 25.7 Å². The first-order valence-corrected chi connectivity index (χ1v) is 5.39. The van der Waals surface area contributed by atoms with Crippen molar-refractivity contribution in [3.8, 4) is 5.88 Å². The zero-order chi connectivity index (χ0) is 12.1. The Bertz CT molecular complexity index is 369. The lowest BCUT2D eigenvalue weighted by atomic mass is 10.3. The molecule has 0 aromatic carbocycles. The maximum atomic E-state index is 5.68. The van der Waals surface area contributed by atoms with Gasteiger partial charge in [0.2, 0.25) is 5.88 Å². The fraction of sp³-hybridized carbons (Fsp3) is 0.600. The number of nitrogens with zero attached hydrogens (tertiary/aromatic N) is 2. The van der Waals surface area contributed by atoms with Crippen LogP contribution in [0.5, 0.6) is 5.88 Å². The fourth-order valence-electron chi connectivity index (χ4n) is 1.58. The van der Waals surface area contributed by atoms with Crippen LogP contribution in [0, 0.1) is 0 Å². The van der Waals surface area contributed by atoms with Crippen LogP contribution < -0.4 is 16.0 Å². The van der Waals surface area contributed by atoms with Crippen LogP contribution in [0.4, 0.5) is 5.82 Å². The molecule has 2 rings (SSSR count). The number of nitrogens with two attached hydrogens (primary N) is 1. The summed E-state index contributed by atoms with van der Waals surface area (Å²) in [5.74, 6) is 6.84. The number of anilines is 1. The molecule has 0 bridgehead atoms. The van der Waals surface area contributed by atoms with Crippen molar-refractivity contribution < 1.29 is 14.2 Å². The van der Waals surface area contributed by atoms with Crippen LogP contribution in [0.2, 0.25) is 0 Å². The number of methoxy groups -OCH3 is 1. The summed E-state index contributed by atoms with van der Waals surface area (Å²) in [5.41, 5.74) is 2.47. The average molecular weight is 240 g/mol. The predicted octanol–water partition coefficient (Wildman–Crippen LogP) is 0.0763. The fourth-order valence-corrected chi connectivity index (χ4v) is 1.58. The van der Waals surface area contributed by atoms with Crippen molar-refractivity contribution >= 4 is 5.82 Å². The zero-order valence-electron chi connectivity index (χ0n) is 9.68. The first kappa shape index (κ1) is 12.0. The molecule has 1 aromatic heterocycles. The summed E-state index contributed by atoms with van der Waals surface area (Å²) in [7, 11) is 1.58. The van der Waals surface area contributed by atoms with Gasteiger partial charge in [-0.25, -0.2) is 10.8 Å².